The van der Waals surface area contributed by atoms with E-state index in [0.717, 1.165) is 30.3 Å². The lowest BCUT2D eigenvalue weighted by Crippen LogP contribution is -2.44. The van der Waals surface area contributed by atoms with E-state index in [0.29, 0.717) is 12.6 Å². The fourth-order valence-electron chi connectivity index (χ4n) is 2.42. The summed E-state index contributed by atoms with van der Waals surface area (Å²) in [5.74, 6) is -0.212. The summed E-state index contributed by atoms with van der Waals surface area (Å²) in [6.07, 6.45) is 0. The fourth-order valence-corrected chi connectivity index (χ4v) is 3.56. The van der Waals surface area contributed by atoms with Crippen molar-refractivity contribution in [3.63, 3.8) is 0 Å². The van der Waals surface area contributed by atoms with Gasteiger partial charge in [0.2, 0.25) is 0 Å². The van der Waals surface area contributed by atoms with Crippen molar-refractivity contribution in [2.45, 2.75) is 32.2 Å². The molecular weight excluding hydrogens is 286 g/mol. The highest BCUT2D eigenvalue weighted by Gasteiger charge is 2.35. The third-order valence-electron chi connectivity index (χ3n) is 4.08. The van der Waals surface area contributed by atoms with E-state index < -0.39 is 5.41 Å². The molecule has 1 unspecified atom stereocenters. The van der Waals surface area contributed by atoms with E-state index in [4.69, 9.17) is 9.72 Å². The largest absolute Gasteiger partial charge is 0.465 e. The first-order valence-corrected chi connectivity index (χ1v) is 8.26. The van der Waals surface area contributed by atoms with Crippen molar-refractivity contribution >= 4 is 17.3 Å². The first-order chi connectivity index (χ1) is 9.86. The third kappa shape index (κ3) is 3.44. The number of hydrogen-bond acceptors (Lipinski definition) is 6. The molecule has 1 aliphatic rings. The molecular formula is C15H25N3O2S. The standard InChI is InChI=1S/C15H25N3O2S/c1-6-20-14(19)15(2,3)12-10-21-13(16-12)11-9-17(4)7-8-18(11)5/h10-11H,6-9H2,1-5H3. The van der Waals surface area contributed by atoms with Crippen molar-refractivity contribution < 1.29 is 9.53 Å². The lowest BCUT2D eigenvalue weighted by molar-refractivity contribution is -0.148. The SMILES string of the molecule is CCOC(=O)C(C)(C)c1csc(C2CN(C)CCN2C)n1. The van der Waals surface area contributed by atoms with Crippen molar-refractivity contribution in [1.82, 2.24) is 14.8 Å². The van der Waals surface area contributed by atoms with Gasteiger partial charge in [0, 0.05) is 25.0 Å². The molecule has 1 atom stereocenters. The Morgan fingerprint density at radius 2 is 2.19 bits per heavy atom. The highest BCUT2D eigenvalue weighted by molar-refractivity contribution is 7.09. The van der Waals surface area contributed by atoms with Crippen molar-refractivity contribution in [3.05, 3.63) is 16.1 Å². The Labute approximate surface area is 130 Å². The second-order valence-electron chi connectivity index (χ2n) is 6.18. The minimum Gasteiger partial charge on any atom is -0.465 e. The molecule has 118 valence electrons. The molecule has 0 N–H and O–H groups in total. The zero-order valence-corrected chi connectivity index (χ0v) is 14.4. The van der Waals surface area contributed by atoms with Crippen LogP contribution in [-0.4, -0.2) is 61.1 Å². The van der Waals surface area contributed by atoms with E-state index in [9.17, 15) is 4.79 Å². The molecule has 0 aromatic carbocycles. The number of nitrogens with zero attached hydrogens (tertiary/aromatic N) is 3. The topological polar surface area (TPSA) is 45.7 Å². The average molecular weight is 311 g/mol. The minimum atomic E-state index is -0.691. The molecule has 1 saturated heterocycles. The zero-order valence-electron chi connectivity index (χ0n) is 13.5. The molecule has 2 heterocycles. The summed E-state index contributed by atoms with van der Waals surface area (Å²) in [6.45, 7) is 9.07. The van der Waals surface area contributed by atoms with E-state index >= 15 is 0 Å². The maximum absolute atomic E-state index is 12.1. The number of aromatic nitrogens is 1. The summed E-state index contributed by atoms with van der Waals surface area (Å²) >= 11 is 1.64. The number of carbonyl (C=O) groups is 1. The maximum Gasteiger partial charge on any atom is 0.317 e. The van der Waals surface area contributed by atoms with Gasteiger partial charge in [-0.05, 0) is 34.9 Å². The highest BCUT2D eigenvalue weighted by atomic mass is 32.1. The molecule has 0 amide bonds. The first-order valence-electron chi connectivity index (χ1n) is 7.38. The van der Waals surface area contributed by atoms with E-state index in [1.807, 2.05) is 26.2 Å². The smallest absolute Gasteiger partial charge is 0.317 e. The zero-order chi connectivity index (χ0) is 15.6. The second kappa shape index (κ2) is 6.42. The Kier molecular flexibility index (Phi) is 5.01. The minimum absolute atomic E-state index is 0.212. The van der Waals surface area contributed by atoms with Gasteiger partial charge in [-0.2, -0.15) is 0 Å². The van der Waals surface area contributed by atoms with Crippen LogP contribution in [0, 0.1) is 0 Å². The van der Waals surface area contributed by atoms with Crippen LogP contribution in [-0.2, 0) is 14.9 Å². The van der Waals surface area contributed by atoms with Crippen LogP contribution < -0.4 is 0 Å². The Bertz CT molecular complexity index is 501. The van der Waals surface area contributed by atoms with Gasteiger partial charge in [-0.15, -0.1) is 11.3 Å². The van der Waals surface area contributed by atoms with Gasteiger partial charge in [-0.1, -0.05) is 0 Å². The number of likely N-dealkylation sites (N-methyl/N-ethyl adjacent to an activating group) is 2. The van der Waals surface area contributed by atoms with Crippen LogP contribution in [0.1, 0.15) is 37.5 Å². The summed E-state index contributed by atoms with van der Waals surface area (Å²) in [6, 6.07) is 0.306. The van der Waals surface area contributed by atoms with Crippen molar-refractivity contribution in [2.75, 3.05) is 40.3 Å². The van der Waals surface area contributed by atoms with Crippen LogP contribution >= 0.6 is 11.3 Å². The van der Waals surface area contributed by atoms with Gasteiger partial charge in [0.15, 0.2) is 0 Å². The lowest BCUT2D eigenvalue weighted by atomic mass is 9.90. The van der Waals surface area contributed by atoms with E-state index in [2.05, 4.69) is 23.9 Å². The van der Waals surface area contributed by atoms with Gasteiger partial charge >= 0.3 is 5.97 Å². The van der Waals surface area contributed by atoms with Gasteiger partial charge in [0.25, 0.3) is 0 Å². The highest BCUT2D eigenvalue weighted by Crippen LogP contribution is 2.31. The van der Waals surface area contributed by atoms with Gasteiger partial charge in [-0.3, -0.25) is 9.69 Å². The Hall–Kier alpha value is -0.980. The summed E-state index contributed by atoms with van der Waals surface area (Å²) in [5, 5.41) is 3.07. The maximum atomic E-state index is 12.1. The van der Waals surface area contributed by atoms with Crippen LogP contribution in [0.15, 0.2) is 5.38 Å². The fraction of sp³-hybridized carbons (Fsp3) is 0.733. The van der Waals surface area contributed by atoms with Crippen molar-refractivity contribution in [3.8, 4) is 0 Å². The van der Waals surface area contributed by atoms with Gasteiger partial charge in [0.1, 0.15) is 10.4 Å². The van der Waals surface area contributed by atoms with Gasteiger partial charge in [0.05, 0.1) is 18.3 Å². The average Bonchev–Trinajstić information content (AvgIpc) is 2.92. The lowest BCUT2D eigenvalue weighted by Gasteiger charge is -2.36. The molecule has 0 radical (unpaired) electrons. The van der Waals surface area contributed by atoms with Gasteiger partial charge in [-0.25, -0.2) is 4.98 Å². The molecule has 0 spiro atoms. The molecule has 2 rings (SSSR count). The number of rotatable bonds is 4. The van der Waals surface area contributed by atoms with Crippen LogP contribution in [0.4, 0.5) is 0 Å². The second-order valence-corrected chi connectivity index (χ2v) is 7.06. The van der Waals surface area contributed by atoms with E-state index in [1.54, 1.807) is 11.3 Å². The number of hydrogen-bond donors (Lipinski definition) is 0. The molecule has 0 aliphatic carbocycles. The van der Waals surface area contributed by atoms with Crippen LogP contribution in [0.5, 0.6) is 0 Å². The Morgan fingerprint density at radius 3 is 2.86 bits per heavy atom. The summed E-state index contributed by atoms with van der Waals surface area (Å²) in [7, 11) is 4.27. The number of esters is 1. The monoisotopic (exact) mass is 311 g/mol. The normalized spacial score (nSPS) is 21.5. The van der Waals surface area contributed by atoms with Crippen molar-refractivity contribution in [1.29, 1.82) is 0 Å². The van der Waals surface area contributed by atoms with Crippen LogP contribution in [0.3, 0.4) is 0 Å². The quantitative estimate of drug-likeness (QED) is 0.795. The Morgan fingerprint density at radius 1 is 1.48 bits per heavy atom. The molecule has 1 fully saturated rings. The predicted molar refractivity (Wildman–Crippen MR) is 84.6 cm³/mol. The number of carbonyl (C=O) groups excluding carboxylic acids is 1. The first kappa shape index (κ1) is 16.4. The number of piperazine rings is 1. The predicted octanol–water partition coefficient (Wildman–Crippen LogP) is 1.90. The Balaban J connectivity index is 2.19. The molecule has 1 aliphatic heterocycles. The number of ether oxygens (including phenoxy) is 1. The van der Waals surface area contributed by atoms with Gasteiger partial charge < -0.3 is 9.64 Å². The van der Waals surface area contributed by atoms with Crippen LogP contribution in [0.2, 0.25) is 0 Å². The summed E-state index contributed by atoms with van der Waals surface area (Å²) < 4.78 is 5.16. The molecule has 1 aromatic rings. The van der Waals surface area contributed by atoms with Crippen molar-refractivity contribution in [2.24, 2.45) is 0 Å². The molecule has 5 nitrogen and oxygen atoms in total. The third-order valence-corrected chi connectivity index (χ3v) is 5.03. The molecule has 6 heteroatoms. The summed E-state index contributed by atoms with van der Waals surface area (Å²) in [5.41, 5.74) is 0.117. The van der Waals surface area contributed by atoms with Crippen LogP contribution in [0.25, 0.3) is 0 Å². The van der Waals surface area contributed by atoms with E-state index in [1.165, 1.54) is 0 Å². The molecule has 21 heavy (non-hydrogen) atoms. The summed E-state index contributed by atoms with van der Waals surface area (Å²) in [4.78, 5) is 21.5. The molecule has 1 aromatic heterocycles. The molecule has 0 saturated carbocycles. The molecule has 0 bridgehead atoms. The van der Waals surface area contributed by atoms with E-state index in [-0.39, 0.29) is 5.97 Å². The number of thiazole rings is 1.